The molecule has 3 aromatic rings. The molecule has 0 saturated carbocycles. The van der Waals surface area contributed by atoms with Gasteiger partial charge in [-0.1, -0.05) is 23.2 Å². The van der Waals surface area contributed by atoms with Gasteiger partial charge in [-0.3, -0.25) is 0 Å². The molecular formula is C14H8Cl2N2O3. The van der Waals surface area contributed by atoms with E-state index >= 15 is 0 Å². The van der Waals surface area contributed by atoms with E-state index in [9.17, 15) is 4.79 Å². The van der Waals surface area contributed by atoms with E-state index in [1.165, 1.54) is 19.4 Å². The number of aromatic nitrogens is 2. The lowest BCUT2D eigenvalue weighted by atomic mass is 10.1. The fraction of sp³-hybridized carbons (Fsp3) is 0.0714. The Morgan fingerprint density at radius 2 is 2.10 bits per heavy atom. The number of hydrogen-bond donors (Lipinski definition) is 0. The number of halogens is 2. The summed E-state index contributed by atoms with van der Waals surface area (Å²) in [6.07, 6.45) is 1.42. The molecule has 5 nitrogen and oxygen atoms in total. The van der Waals surface area contributed by atoms with Gasteiger partial charge in [0.25, 0.3) is 0 Å². The lowest BCUT2D eigenvalue weighted by molar-refractivity contribution is 0.0601. The highest BCUT2D eigenvalue weighted by atomic mass is 35.5. The van der Waals surface area contributed by atoms with Crippen molar-refractivity contribution in [3.05, 3.63) is 46.2 Å². The second-order valence-electron chi connectivity index (χ2n) is 4.18. The van der Waals surface area contributed by atoms with Gasteiger partial charge >= 0.3 is 5.97 Å². The maximum Gasteiger partial charge on any atom is 0.338 e. The number of hydrogen-bond acceptors (Lipinski definition) is 5. The molecule has 21 heavy (non-hydrogen) atoms. The third kappa shape index (κ3) is 2.57. The molecule has 0 amide bonds. The fourth-order valence-corrected chi connectivity index (χ4v) is 2.21. The SMILES string of the molecule is COC(=O)c1cc(Cl)ncc1-c1nc2ccc(Cl)cc2o1. The molecule has 2 heterocycles. The van der Waals surface area contributed by atoms with Crippen molar-refractivity contribution in [1.82, 2.24) is 9.97 Å². The Morgan fingerprint density at radius 3 is 2.86 bits per heavy atom. The molecule has 0 aliphatic carbocycles. The Labute approximate surface area is 129 Å². The van der Waals surface area contributed by atoms with E-state index in [1.54, 1.807) is 18.2 Å². The Balaban J connectivity index is 2.20. The number of ether oxygens (including phenoxy) is 1. The highest BCUT2D eigenvalue weighted by molar-refractivity contribution is 6.31. The minimum Gasteiger partial charge on any atom is -0.465 e. The summed E-state index contributed by atoms with van der Waals surface area (Å²) < 4.78 is 10.4. The number of oxazole rings is 1. The van der Waals surface area contributed by atoms with Crippen LogP contribution in [0.5, 0.6) is 0 Å². The zero-order chi connectivity index (χ0) is 15.0. The Bertz CT molecular complexity index is 845. The van der Waals surface area contributed by atoms with E-state index in [0.29, 0.717) is 21.7 Å². The van der Waals surface area contributed by atoms with Crippen molar-refractivity contribution in [1.29, 1.82) is 0 Å². The van der Waals surface area contributed by atoms with Crippen molar-refractivity contribution in [2.75, 3.05) is 7.11 Å². The standard InChI is InChI=1S/C14H8Cl2N2O3/c1-20-14(19)8-5-12(16)17-6-9(8)13-18-10-3-2-7(15)4-11(10)21-13/h2-6H,1H3. The molecule has 0 bridgehead atoms. The van der Waals surface area contributed by atoms with Crippen LogP contribution >= 0.6 is 23.2 Å². The van der Waals surface area contributed by atoms with Crippen LogP contribution in [-0.4, -0.2) is 23.0 Å². The van der Waals surface area contributed by atoms with Crippen LogP contribution in [-0.2, 0) is 4.74 Å². The lowest BCUT2D eigenvalue weighted by Gasteiger charge is -2.04. The molecular weight excluding hydrogens is 315 g/mol. The molecule has 0 unspecified atom stereocenters. The van der Waals surface area contributed by atoms with Crippen LogP contribution in [0, 0.1) is 0 Å². The van der Waals surface area contributed by atoms with E-state index in [2.05, 4.69) is 9.97 Å². The van der Waals surface area contributed by atoms with Gasteiger partial charge in [-0.25, -0.2) is 14.8 Å². The van der Waals surface area contributed by atoms with Crippen LogP contribution in [0.2, 0.25) is 10.2 Å². The number of carbonyl (C=O) groups is 1. The van der Waals surface area contributed by atoms with Crippen molar-refractivity contribution < 1.29 is 13.9 Å². The predicted molar refractivity (Wildman–Crippen MR) is 78.6 cm³/mol. The number of nitrogens with zero attached hydrogens (tertiary/aromatic N) is 2. The molecule has 0 radical (unpaired) electrons. The zero-order valence-corrected chi connectivity index (χ0v) is 12.3. The van der Waals surface area contributed by atoms with Crippen LogP contribution < -0.4 is 0 Å². The first kappa shape index (κ1) is 13.9. The third-order valence-corrected chi connectivity index (χ3v) is 3.30. The number of esters is 1. The van der Waals surface area contributed by atoms with E-state index in [0.717, 1.165) is 0 Å². The number of rotatable bonds is 2. The van der Waals surface area contributed by atoms with Crippen molar-refractivity contribution in [2.45, 2.75) is 0 Å². The minimum atomic E-state index is -0.547. The number of pyridine rings is 1. The minimum absolute atomic E-state index is 0.179. The smallest absolute Gasteiger partial charge is 0.338 e. The van der Waals surface area contributed by atoms with Crippen LogP contribution in [0.25, 0.3) is 22.6 Å². The third-order valence-electron chi connectivity index (χ3n) is 2.86. The molecule has 0 fully saturated rings. The summed E-state index contributed by atoms with van der Waals surface area (Å²) in [5.41, 5.74) is 1.78. The van der Waals surface area contributed by atoms with Gasteiger partial charge in [0.05, 0.1) is 18.2 Å². The second kappa shape index (κ2) is 5.35. The summed E-state index contributed by atoms with van der Waals surface area (Å²) in [4.78, 5) is 20.1. The molecule has 7 heteroatoms. The number of benzene rings is 1. The van der Waals surface area contributed by atoms with E-state index < -0.39 is 5.97 Å². The molecule has 3 rings (SSSR count). The van der Waals surface area contributed by atoms with Crippen molar-refractivity contribution in [2.24, 2.45) is 0 Å². The Kier molecular flexibility index (Phi) is 3.53. The molecule has 1 aromatic carbocycles. The maximum absolute atomic E-state index is 11.8. The van der Waals surface area contributed by atoms with Crippen molar-refractivity contribution in [3.63, 3.8) is 0 Å². The predicted octanol–water partition coefficient (Wildman–Crippen LogP) is 3.98. The quantitative estimate of drug-likeness (QED) is 0.527. The lowest BCUT2D eigenvalue weighted by Crippen LogP contribution is -2.04. The summed E-state index contributed by atoms with van der Waals surface area (Å²) in [7, 11) is 1.28. The van der Waals surface area contributed by atoms with Gasteiger partial charge in [-0.15, -0.1) is 0 Å². The number of methoxy groups -OCH3 is 1. The van der Waals surface area contributed by atoms with Crippen LogP contribution in [0.3, 0.4) is 0 Å². The highest BCUT2D eigenvalue weighted by Crippen LogP contribution is 2.29. The molecule has 106 valence electrons. The summed E-state index contributed by atoms with van der Waals surface area (Å²) in [5.74, 6) is -0.300. The van der Waals surface area contributed by atoms with E-state index in [4.69, 9.17) is 32.4 Å². The van der Waals surface area contributed by atoms with Crippen LogP contribution in [0.4, 0.5) is 0 Å². The normalized spacial score (nSPS) is 10.8. The van der Waals surface area contributed by atoms with Crippen LogP contribution in [0.15, 0.2) is 34.9 Å². The topological polar surface area (TPSA) is 65.2 Å². The molecule has 0 saturated heterocycles. The van der Waals surface area contributed by atoms with Gasteiger partial charge in [0.1, 0.15) is 10.7 Å². The highest BCUT2D eigenvalue weighted by Gasteiger charge is 2.19. The summed E-state index contributed by atoms with van der Waals surface area (Å²) in [6, 6.07) is 6.49. The summed E-state index contributed by atoms with van der Waals surface area (Å²) in [6.45, 7) is 0. The van der Waals surface area contributed by atoms with Crippen LogP contribution in [0.1, 0.15) is 10.4 Å². The largest absolute Gasteiger partial charge is 0.465 e. The fourth-order valence-electron chi connectivity index (χ4n) is 1.89. The molecule has 0 N–H and O–H groups in total. The average molecular weight is 323 g/mol. The second-order valence-corrected chi connectivity index (χ2v) is 5.00. The van der Waals surface area contributed by atoms with Crippen molar-refractivity contribution >= 4 is 40.3 Å². The molecule has 0 aliphatic rings. The van der Waals surface area contributed by atoms with Gasteiger partial charge in [-0.05, 0) is 18.2 Å². The Morgan fingerprint density at radius 1 is 1.29 bits per heavy atom. The molecule has 2 aromatic heterocycles. The number of carbonyl (C=O) groups excluding carboxylic acids is 1. The van der Waals surface area contributed by atoms with E-state index in [-0.39, 0.29) is 16.6 Å². The van der Waals surface area contributed by atoms with Gasteiger partial charge < -0.3 is 9.15 Å². The van der Waals surface area contributed by atoms with E-state index in [1.807, 2.05) is 0 Å². The number of fused-ring (bicyclic) bond motifs is 1. The molecule has 0 aliphatic heterocycles. The van der Waals surface area contributed by atoms with Gasteiger partial charge in [-0.2, -0.15) is 0 Å². The first-order valence-electron chi connectivity index (χ1n) is 5.89. The van der Waals surface area contributed by atoms with Gasteiger partial charge in [0, 0.05) is 17.3 Å². The van der Waals surface area contributed by atoms with Crippen molar-refractivity contribution in [3.8, 4) is 11.5 Å². The zero-order valence-electron chi connectivity index (χ0n) is 10.8. The first-order chi connectivity index (χ1) is 10.1. The monoisotopic (exact) mass is 322 g/mol. The van der Waals surface area contributed by atoms with Gasteiger partial charge in [0.15, 0.2) is 5.58 Å². The Hall–Kier alpha value is -2.11. The summed E-state index contributed by atoms with van der Waals surface area (Å²) in [5, 5.41) is 0.714. The molecule has 0 atom stereocenters. The first-order valence-corrected chi connectivity index (χ1v) is 6.64. The maximum atomic E-state index is 11.8. The molecule has 0 spiro atoms. The van der Waals surface area contributed by atoms with Gasteiger partial charge in [0.2, 0.25) is 5.89 Å². The summed E-state index contributed by atoms with van der Waals surface area (Å²) >= 11 is 11.7. The average Bonchev–Trinajstić information content (AvgIpc) is 2.89.